The van der Waals surface area contributed by atoms with E-state index in [-0.39, 0.29) is 23.6 Å². The molecule has 26 heavy (non-hydrogen) atoms. The molecule has 9 nitrogen and oxygen atoms in total. The Bertz CT molecular complexity index is 893. The zero-order valence-electron chi connectivity index (χ0n) is 15.0. The maximum absolute atomic E-state index is 12.8. The summed E-state index contributed by atoms with van der Waals surface area (Å²) in [6.07, 6.45) is 2.75. The number of hydrogen-bond donors (Lipinski definition) is 0. The number of carbonyl (C=O) groups is 2. The topological polar surface area (TPSA) is 105 Å². The second-order valence-electron chi connectivity index (χ2n) is 6.78. The maximum Gasteiger partial charge on any atom is 0.278 e. The van der Waals surface area contributed by atoms with Crippen LogP contribution in [-0.2, 0) is 11.2 Å². The zero-order chi connectivity index (χ0) is 18.4. The molecule has 9 heteroatoms. The SMILES string of the molecule is Cc1nonc1C(=O)N1CCC[C@H]1c1nc(C)c2c(n1)N(C)C(=O)CC2. The predicted octanol–water partition coefficient (Wildman–Crippen LogP) is 1.36. The molecule has 2 amide bonds. The summed E-state index contributed by atoms with van der Waals surface area (Å²) < 4.78 is 4.66. The van der Waals surface area contributed by atoms with Crippen LogP contribution in [0.5, 0.6) is 0 Å². The Balaban J connectivity index is 1.71. The number of nitrogens with zero attached hydrogens (tertiary/aromatic N) is 6. The molecule has 0 N–H and O–H groups in total. The lowest BCUT2D eigenvalue weighted by Gasteiger charge is -2.28. The summed E-state index contributed by atoms with van der Waals surface area (Å²) in [4.78, 5) is 37.5. The molecular weight excluding hydrogens is 336 g/mol. The van der Waals surface area contributed by atoms with Gasteiger partial charge < -0.3 is 4.90 Å². The third-order valence-corrected chi connectivity index (χ3v) is 5.16. The van der Waals surface area contributed by atoms with E-state index in [1.807, 2.05) is 6.92 Å². The van der Waals surface area contributed by atoms with Crippen molar-refractivity contribution in [3.63, 3.8) is 0 Å². The van der Waals surface area contributed by atoms with Gasteiger partial charge in [0.1, 0.15) is 11.5 Å². The third kappa shape index (κ3) is 2.54. The van der Waals surface area contributed by atoms with Crippen molar-refractivity contribution in [2.24, 2.45) is 0 Å². The first-order valence-electron chi connectivity index (χ1n) is 8.71. The van der Waals surface area contributed by atoms with Crippen LogP contribution in [0.4, 0.5) is 5.82 Å². The number of fused-ring (bicyclic) bond motifs is 1. The van der Waals surface area contributed by atoms with Crippen molar-refractivity contribution in [2.45, 2.75) is 45.6 Å². The van der Waals surface area contributed by atoms with Gasteiger partial charge in [-0.3, -0.25) is 14.5 Å². The lowest BCUT2D eigenvalue weighted by atomic mass is 10.0. The number of aromatic nitrogens is 4. The van der Waals surface area contributed by atoms with Crippen LogP contribution in [0.25, 0.3) is 0 Å². The summed E-state index contributed by atoms with van der Waals surface area (Å²) in [5.74, 6) is 1.05. The van der Waals surface area contributed by atoms with Gasteiger partial charge in [-0.15, -0.1) is 0 Å². The Morgan fingerprint density at radius 1 is 1.15 bits per heavy atom. The first kappa shape index (κ1) is 16.6. The van der Waals surface area contributed by atoms with Crippen LogP contribution in [0.1, 0.15) is 58.6 Å². The number of carbonyl (C=O) groups excluding carboxylic acids is 2. The highest BCUT2D eigenvalue weighted by Gasteiger charge is 2.36. The molecule has 0 radical (unpaired) electrons. The van der Waals surface area contributed by atoms with E-state index in [4.69, 9.17) is 0 Å². The number of rotatable bonds is 2. The monoisotopic (exact) mass is 356 g/mol. The fourth-order valence-electron chi connectivity index (χ4n) is 3.68. The minimum absolute atomic E-state index is 0.0465. The van der Waals surface area contributed by atoms with Crippen LogP contribution in [-0.4, -0.2) is 50.6 Å². The van der Waals surface area contributed by atoms with Crippen molar-refractivity contribution in [3.05, 3.63) is 28.5 Å². The van der Waals surface area contributed by atoms with Gasteiger partial charge in [0.2, 0.25) is 5.91 Å². The van der Waals surface area contributed by atoms with E-state index in [2.05, 4.69) is 24.9 Å². The maximum atomic E-state index is 12.8. The number of anilines is 1. The average molecular weight is 356 g/mol. The normalized spacial score (nSPS) is 19.8. The van der Waals surface area contributed by atoms with Gasteiger partial charge >= 0.3 is 0 Å². The van der Waals surface area contributed by atoms with Crippen LogP contribution in [0.2, 0.25) is 0 Å². The third-order valence-electron chi connectivity index (χ3n) is 5.16. The molecule has 2 aliphatic rings. The standard InChI is InChI=1S/C17H20N6O3/c1-9-11-6-7-13(24)22(3)16(11)19-15(18-9)12-5-4-8-23(12)17(25)14-10(2)20-26-21-14/h12H,4-8H2,1-3H3/t12-/m0/s1. The molecule has 2 aromatic rings. The molecule has 0 bridgehead atoms. The van der Waals surface area contributed by atoms with Crippen LogP contribution in [0.3, 0.4) is 0 Å². The first-order valence-corrected chi connectivity index (χ1v) is 8.71. The quantitative estimate of drug-likeness (QED) is 0.800. The van der Waals surface area contributed by atoms with Crippen LogP contribution in [0, 0.1) is 13.8 Å². The molecule has 0 aromatic carbocycles. The summed E-state index contributed by atoms with van der Waals surface area (Å²) >= 11 is 0. The Labute approximate surface area is 150 Å². The smallest absolute Gasteiger partial charge is 0.278 e. The molecule has 1 saturated heterocycles. The van der Waals surface area contributed by atoms with E-state index in [1.165, 1.54) is 0 Å². The number of aryl methyl sites for hydroxylation is 2. The molecule has 2 aromatic heterocycles. The van der Waals surface area contributed by atoms with Crippen molar-refractivity contribution in [1.82, 2.24) is 25.2 Å². The largest absolute Gasteiger partial charge is 0.327 e. The molecule has 0 unspecified atom stereocenters. The second kappa shape index (κ2) is 6.15. The van der Waals surface area contributed by atoms with E-state index in [0.29, 0.717) is 36.7 Å². The van der Waals surface area contributed by atoms with Crippen molar-refractivity contribution in [2.75, 3.05) is 18.5 Å². The molecule has 0 saturated carbocycles. The van der Waals surface area contributed by atoms with E-state index in [9.17, 15) is 9.59 Å². The summed E-state index contributed by atoms with van der Waals surface area (Å²) in [5.41, 5.74) is 2.55. The molecule has 1 atom stereocenters. The fraction of sp³-hybridized carbons (Fsp3) is 0.529. The molecule has 136 valence electrons. The highest BCUT2D eigenvalue weighted by Crippen LogP contribution is 2.34. The highest BCUT2D eigenvalue weighted by molar-refractivity contribution is 5.95. The van der Waals surface area contributed by atoms with E-state index >= 15 is 0 Å². The van der Waals surface area contributed by atoms with Gasteiger partial charge in [-0.2, -0.15) is 0 Å². The van der Waals surface area contributed by atoms with Crippen molar-refractivity contribution >= 4 is 17.6 Å². The Kier molecular flexibility index (Phi) is 3.93. The molecule has 1 fully saturated rings. The van der Waals surface area contributed by atoms with Gasteiger partial charge in [0, 0.05) is 31.3 Å². The molecule has 0 spiro atoms. The van der Waals surface area contributed by atoms with Gasteiger partial charge in [0.05, 0.1) is 6.04 Å². The van der Waals surface area contributed by atoms with E-state index < -0.39 is 0 Å². The molecule has 4 rings (SSSR count). The molecule has 0 aliphatic carbocycles. The minimum Gasteiger partial charge on any atom is -0.327 e. The van der Waals surface area contributed by atoms with Gasteiger partial charge in [-0.1, -0.05) is 5.16 Å². The minimum atomic E-state index is -0.243. The zero-order valence-corrected chi connectivity index (χ0v) is 15.0. The van der Waals surface area contributed by atoms with Crippen LogP contribution >= 0.6 is 0 Å². The summed E-state index contributed by atoms with van der Waals surface area (Å²) in [5, 5.41) is 7.42. The van der Waals surface area contributed by atoms with Crippen molar-refractivity contribution < 1.29 is 14.2 Å². The van der Waals surface area contributed by atoms with E-state index in [1.54, 1.807) is 23.8 Å². The van der Waals surface area contributed by atoms with Crippen LogP contribution < -0.4 is 4.90 Å². The summed E-state index contributed by atoms with van der Waals surface area (Å²) in [6.45, 7) is 4.22. The predicted molar refractivity (Wildman–Crippen MR) is 90.5 cm³/mol. The number of likely N-dealkylation sites (tertiary alicyclic amines) is 1. The van der Waals surface area contributed by atoms with Gasteiger partial charge in [0.15, 0.2) is 11.5 Å². The summed E-state index contributed by atoms with van der Waals surface area (Å²) in [6, 6.07) is -0.243. The molecule has 2 aliphatic heterocycles. The fourth-order valence-corrected chi connectivity index (χ4v) is 3.68. The average Bonchev–Trinajstić information content (AvgIpc) is 3.26. The Hall–Kier alpha value is -2.84. The lowest BCUT2D eigenvalue weighted by molar-refractivity contribution is -0.118. The van der Waals surface area contributed by atoms with E-state index in [0.717, 1.165) is 24.1 Å². The second-order valence-corrected chi connectivity index (χ2v) is 6.78. The first-order chi connectivity index (χ1) is 12.5. The van der Waals surface area contributed by atoms with Crippen molar-refractivity contribution in [1.29, 1.82) is 0 Å². The Morgan fingerprint density at radius 2 is 1.96 bits per heavy atom. The van der Waals surface area contributed by atoms with Crippen molar-refractivity contribution in [3.8, 4) is 0 Å². The Morgan fingerprint density at radius 3 is 2.69 bits per heavy atom. The summed E-state index contributed by atoms with van der Waals surface area (Å²) in [7, 11) is 1.73. The number of amides is 2. The highest BCUT2D eigenvalue weighted by atomic mass is 16.6. The van der Waals surface area contributed by atoms with Gasteiger partial charge in [-0.25, -0.2) is 14.6 Å². The van der Waals surface area contributed by atoms with Gasteiger partial charge in [0.25, 0.3) is 5.91 Å². The molecule has 4 heterocycles. The van der Waals surface area contributed by atoms with Crippen LogP contribution in [0.15, 0.2) is 4.63 Å². The molecular formula is C17H20N6O3. The lowest BCUT2D eigenvalue weighted by Crippen LogP contribution is -2.35. The number of hydrogen-bond acceptors (Lipinski definition) is 7. The van der Waals surface area contributed by atoms with Gasteiger partial charge in [-0.05, 0) is 38.3 Å².